The molecule has 0 aromatic heterocycles. The molecule has 0 unspecified atom stereocenters. The summed E-state index contributed by atoms with van der Waals surface area (Å²) in [5.74, 6) is 0.981. The Kier molecular flexibility index (Phi) is 3.85. The van der Waals surface area contributed by atoms with E-state index in [0.717, 1.165) is 17.8 Å². The lowest BCUT2D eigenvalue weighted by Gasteiger charge is -2.07. The zero-order valence-electron chi connectivity index (χ0n) is 7.32. The van der Waals surface area contributed by atoms with Gasteiger partial charge in [-0.05, 0) is 25.8 Å². The Morgan fingerprint density at radius 2 is 1.90 bits per heavy atom. The lowest BCUT2D eigenvalue weighted by atomic mass is 10.1. The predicted molar refractivity (Wildman–Crippen MR) is 44.8 cm³/mol. The smallest absolute Gasteiger partial charge is 0.0958 e. The standard InChI is InChI=1S/C9H16O/c1-6-9(7(2)3)8(4)10-5/h2,6H2,1,3-5H3/b9-8-. The van der Waals surface area contributed by atoms with Gasteiger partial charge in [-0.3, -0.25) is 0 Å². The molecule has 0 rings (SSSR count). The third-order valence-electron chi connectivity index (χ3n) is 1.60. The lowest BCUT2D eigenvalue weighted by Crippen LogP contribution is -1.90. The molecule has 1 nitrogen and oxygen atoms in total. The van der Waals surface area contributed by atoms with Crippen LogP contribution in [-0.2, 0) is 4.74 Å². The molecule has 0 spiro atoms. The van der Waals surface area contributed by atoms with E-state index < -0.39 is 0 Å². The molecule has 0 aliphatic carbocycles. The van der Waals surface area contributed by atoms with E-state index in [4.69, 9.17) is 4.74 Å². The van der Waals surface area contributed by atoms with Crippen molar-refractivity contribution in [2.75, 3.05) is 7.11 Å². The summed E-state index contributed by atoms with van der Waals surface area (Å²) < 4.78 is 5.08. The van der Waals surface area contributed by atoms with Crippen molar-refractivity contribution >= 4 is 0 Å². The molecule has 0 N–H and O–H groups in total. The molecule has 0 aliphatic heterocycles. The molecular formula is C9H16O. The third-order valence-corrected chi connectivity index (χ3v) is 1.60. The first-order chi connectivity index (χ1) is 4.63. The Hall–Kier alpha value is -0.720. The molecule has 1 heteroatoms. The van der Waals surface area contributed by atoms with Crippen LogP contribution in [0.4, 0.5) is 0 Å². The molecule has 0 amide bonds. The normalized spacial score (nSPS) is 12.4. The molecule has 0 saturated heterocycles. The Labute approximate surface area is 63.4 Å². The number of hydrogen-bond acceptors (Lipinski definition) is 1. The molecule has 10 heavy (non-hydrogen) atoms. The molecule has 0 aliphatic rings. The summed E-state index contributed by atoms with van der Waals surface area (Å²) in [7, 11) is 1.69. The third kappa shape index (κ3) is 2.26. The predicted octanol–water partition coefficient (Wildman–Crippen LogP) is 2.89. The summed E-state index contributed by atoms with van der Waals surface area (Å²) >= 11 is 0. The highest BCUT2D eigenvalue weighted by atomic mass is 16.5. The average molecular weight is 140 g/mol. The van der Waals surface area contributed by atoms with Crippen molar-refractivity contribution in [3.63, 3.8) is 0 Å². The van der Waals surface area contributed by atoms with E-state index in [0.29, 0.717) is 0 Å². The van der Waals surface area contributed by atoms with Crippen LogP contribution in [0.5, 0.6) is 0 Å². The maximum atomic E-state index is 5.08. The minimum atomic E-state index is 0.981. The SMILES string of the molecule is C=C(C)/C(CC)=C(/C)OC. The number of hydrogen-bond donors (Lipinski definition) is 0. The Balaban J connectivity index is 4.45. The van der Waals surface area contributed by atoms with Crippen LogP contribution in [0.15, 0.2) is 23.5 Å². The van der Waals surface area contributed by atoms with Crippen LogP contribution in [0.25, 0.3) is 0 Å². The van der Waals surface area contributed by atoms with E-state index in [1.807, 2.05) is 13.8 Å². The van der Waals surface area contributed by atoms with E-state index >= 15 is 0 Å². The molecule has 0 aromatic carbocycles. The van der Waals surface area contributed by atoms with Gasteiger partial charge in [-0.25, -0.2) is 0 Å². The maximum Gasteiger partial charge on any atom is 0.0958 e. The molecule has 0 saturated carbocycles. The molecule has 0 radical (unpaired) electrons. The molecule has 0 atom stereocenters. The van der Waals surface area contributed by atoms with Gasteiger partial charge in [-0.15, -0.1) is 0 Å². The van der Waals surface area contributed by atoms with Gasteiger partial charge in [0.2, 0.25) is 0 Å². The van der Waals surface area contributed by atoms with Crippen LogP contribution >= 0.6 is 0 Å². The zero-order chi connectivity index (χ0) is 8.15. The van der Waals surface area contributed by atoms with Crippen LogP contribution in [-0.4, -0.2) is 7.11 Å². The fourth-order valence-electron chi connectivity index (χ4n) is 0.974. The van der Waals surface area contributed by atoms with E-state index in [1.165, 1.54) is 5.57 Å². The largest absolute Gasteiger partial charge is 0.501 e. The maximum absolute atomic E-state index is 5.08. The molecule has 58 valence electrons. The van der Waals surface area contributed by atoms with Gasteiger partial charge in [0.05, 0.1) is 12.9 Å². The Morgan fingerprint density at radius 3 is 2.00 bits per heavy atom. The number of rotatable bonds is 3. The molecular weight excluding hydrogens is 124 g/mol. The first-order valence-corrected chi connectivity index (χ1v) is 3.53. The number of methoxy groups -OCH3 is 1. The van der Waals surface area contributed by atoms with E-state index in [-0.39, 0.29) is 0 Å². The Bertz CT molecular complexity index is 154. The van der Waals surface area contributed by atoms with Gasteiger partial charge in [0, 0.05) is 0 Å². The minimum Gasteiger partial charge on any atom is -0.501 e. The van der Waals surface area contributed by atoms with Crippen molar-refractivity contribution < 1.29 is 4.74 Å². The van der Waals surface area contributed by atoms with Crippen LogP contribution < -0.4 is 0 Å². The zero-order valence-corrected chi connectivity index (χ0v) is 7.32. The second-order valence-corrected chi connectivity index (χ2v) is 2.37. The second kappa shape index (κ2) is 4.15. The first-order valence-electron chi connectivity index (χ1n) is 3.53. The van der Waals surface area contributed by atoms with Crippen LogP contribution in [0.1, 0.15) is 27.2 Å². The molecule has 0 bridgehead atoms. The summed E-state index contributed by atoms with van der Waals surface area (Å²) in [5, 5.41) is 0. The average Bonchev–Trinajstić information content (AvgIpc) is 1.88. The van der Waals surface area contributed by atoms with E-state index in [2.05, 4.69) is 13.5 Å². The highest BCUT2D eigenvalue weighted by Gasteiger charge is 1.99. The quantitative estimate of drug-likeness (QED) is 0.432. The van der Waals surface area contributed by atoms with Crippen molar-refractivity contribution in [2.45, 2.75) is 27.2 Å². The van der Waals surface area contributed by atoms with Crippen molar-refractivity contribution in [3.8, 4) is 0 Å². The van der Waals surface area contributed by atoms with Gasteiger partial charge in [0.1, 0.15) is 0 Å². The Morgan fingerprint density at radius 1 is 1.40 bits per heavy atom. The number of ether oxygens (including phenoxy) is 1. The molecule has 0 heterocycles. The summed E-state index contributed by atoms with van der Waals surface area (Å²) in [6.07, 6.45) is 0.995. The van der Waals surface area contributed by atoms with Crippen LogP contribution in [0.3, 0.4) is 0 Å². The summed E-state index contributed by atoms with van der Waals surface area (Å²) in [6, 6.07) is 0. The van der Waals surface area contributed by atoms with E-state index in [1.54, 1.807) is 7.11 Å². The van der Waals surface area contributed by atoms with Crippen LogP contribution in [0, 0.1) is 0 Å². The summed E-state index contributed by atoms with van der Waals surface area (Å²) in [5.41, 5.74) is 2.32. The van der Waals surface area contributed by atoms with Crippen molar-refractivity contribution in [1.29, 1.82) is 0 Å². The first kappa shape index (κ1) is 9.28. The fraction of sp³-hybridized carbons (Fsp3) is 0.556. The van der Waals surface area contributed by atoms with Crippen molar-refractivity contribution in [2.24, 2.45) is 0 Å². The van der Waals surface area contributed by atoms with E-state index in [9.17, 15) is 0 Å². The minimum absolute atomic E-state index is 0.981. The lowest BCUT2D eigenvalue weighted by molar-refractivity contribution is 0.288. The van der Waals surface area contributed by atoms with Gasteiger partial charge in [-0.1, -0.05) is 19.1 Å². The van der Waals surface area contributed by atoms with Crippen molar-refractivity contribution in [1.82, 2.24) is 0 Å². The molecule has 0 aromatic rings. The summed E-state index contributed by atoms with van der Waals surface area (Å²) in [4.78, 5) is 0. The summed E-state index contributed by atoms with van der Waals surface area (Å²) in [6.45, 7) is 9.93. The highest BCUT2D eigenvalue weighted by molar-refractivity contribution is 5.27. The van der Waals surface area contributed by atoms with Gasteiger partial charge in [0.15, 0.2) is 0 Å². The second-order valence-electron chi connectivity index (χ2n) is 2.37. The highest BCUT2D eigenvalue weighted by Crippen LogP contribution is 2.16. The van der Waals surface area contributed by atoms with Crippen LogP contribution in [0.2, 0.25) is 0 Å². The van der Waals surface area contributed by atoms with Gasteiger partial charge in [-0.2, -0.15) is 0 Å². The molecule has 0 fully saturated rings. The van der Waals surface area contributed by atoms with Gasteiger partial charge in [0.25, 0.3) is 0 Å². The number of allylic oxidation sites excluding steroid dienone is 3. The fourth-order valence-corrected chi connectivity index (χ4v) is 0.974. The van der Waals surface area contributed by atoms with Crippen molar-refractivity contribution in [3.05, 3.63) is 23.5 Å². The van der Waals surface area contributed by atoms with Gasteiger partial charge < -0.3 is 4.74 Å². The monoisotopic (exact) mass is 140 g/mol. The van der Waals surface area contributed by atoms with Gasteiger partial charge >= 0.3 is 0 Å². The topological polar surface area (TPSA) is 9.23 Å².